The van der Waals surface area contributed by atoms with Gasteiger partial charge < -0.3 is 11.1 Å². The maximum atomic E-state index is 13.1. The molecule has 1 fully saturated rings. The molecule has 2 nitrogen and oxygen atoms in total. The third-order valence-electron chi connectivity index (χ3n) is 3.52. The Morgan fingerprint density at radius 2 is 2.24 bits per heavy atom. The molecule has 2 atom stereocenters. The smallest absolute Gasteiger partial charge is 0.123 e. The lowest BCUT2D eigenvalue weighted by Gasteiger charge is -2.19. The fourth-order valence-corrected chi connectivity index (χ4v) is 2.89. The fourth-order valence-electron chi connectivity index (χ4n) is 2.51. The van der Waals surface area contributed by atoms with Crippen LogP contribution in [-0.4, -0.2) is 12.6 Å². The summed E-state index contributed by atoms with van der Waals surface area (Å²) in [6.45, 7) is 1.43. The molecule has 3 N–H and O–H groups in total. The molecule has 1 saturated carbocycles. The second kappa shape index (κ2) is 5.94. The molecule has 1 aromatic carbocycles. The van der Waals surface area contributed by atoms with Crippen molar-refractivity contribution >= 4 is 15.9 Å². The van der Waals surface area contributed by atoms with Crippen molar-refractivity contribution in [2.75, 3.05) is 6.54 Å². The molecule has 2 rings (SSSR count). The number of hydrogen-bond acceptors (Lipinski definition) is 2. The number of rotatable bonds is 4. The van der Waals surface area contributed by atoms with Crippen LogP contribution >= 0.6 is 15.9 Å². The van der Waals surface area contributed by atoms with E-state index in [2.05, 4.69) is 21.2 Å². The molecule has 0 aliphatic heterocycles. The van der Waals surface area contributed by atoms with Gasteiger partial charge in [0.25, 0.3) is 0 Å². The first-order chi connectivity index (χ1) is 8.20. The highest BCUT2D eigenvalue weighted by molar-refractivity contribution is 9.10. The van der Waals surface area contributed by atoms with Crippen LogP contribution in [0.4, 0.5) is 4.39 Å². The van der Waals surface area contributed by atoms with Gasteiger partial charge in [-0.05, 0) is 49.1 Å². The average molecular weight is 301 g/mol. The number of hydrogen-bond donors (Lipinski definition) is 2. The van der Waals surface area contributed by atoms with Crippen molar-refractivity contribution in [3.63, 3.8) is 0 Å². The van der Waals surface area contributed by atoms with Gasteiger partial charge in [0.1, 0.15) is 5.82 Å². The summed E-state index contributed by atoms with van der Waals surface area (Å²) < 4.78 is 14.1. The highest BCUT2D eigenvalue weighted by atomic mass is 79.9. The molecule has 17 heavy (non-hydrogen) atoms. The molecule has 0 heterocycles. The Balaban J connectivity index is 1.95. The van der Waals surface area contributed by atoms with Crippen molar-refractivity contribution in [2.24, 2.45) is 11.7 Å². The van der Waals surface area contributed by atoms with Crippen molar-refractivity contribution < 1.29 is 4.39 Å². The summed E-state index contributed by atoms with van der Waals surface area (Å²) in [5.41, 5.74) is 6.70. The summed E-state index contributed by atoms with van der Waals surface area (Å²) in [6, 6.07) is 5.27. The van der Waals surface area contributed by atoms with Crippen LogP contribution in [0.3, 0.4) is 0 Å². The average Bonchev–Trinajstić information content (AvgIpc) is 2.77. The predicted molar refractivity (Wildman–Crippen MR) is 71.1 cm³/mol. The zero-order valence-corrected chi connectivity index (χ0v) is 11.3. The topological polar surface area (TPSA) is 38.0 Å². The highest BCUT2D eigenvalue weighted by Gasteiger charge is 2.25. The summed E-state index contributed by atoms with van der Waals surface area (Å²) >= 11 is 3.44. The van der Waals surface area contributed by atoms with Crippen LogP contribution < -0.4 is 11.1 Å². The first kappa shape index (κ1) is 13.0. The van der Waals surface area contributed by atoms with Gasteiger partial charge in [0, 0.05) is 17.1 Å². The van der Waals surface area contributed by atoms with Gasteiger partial charge >= 0.3 is 0 Å². The summed E-state index contributed by atoms with van der Waals surface area (Å²) in [4.78, 5) is 0. The summed E-state index contributed by atoms with van der Waals surface area (Å²) in [7, 11) is 0. The van der Waals surface area contributed by atoms with Crippen molar-refractivity contribution in [1.82, 2.24) is 5.32 Å². The van der Waals surface area contributed by atoms with Crippen molar-refractivity contribution in [2.45, 2.75) is 31.8 Å². The lowest BCUT2D eigenvalue weighted by molar-refractivity contribution is 0.405. The molecule has 4 heteroatoms. The molecule has 0 spiro atoms. The van der Waals surface area contributed by atoms with E-state index in [-0.39, 0.29) is 5.82 Å². The van der Waals surface area contributed by atoms with E-state index in [0.717, 1.165) is 16.6 Å². The zero-order chi connectivity index (χ0) is 12.3. The molecular weight excluding hydrogens is 283 g/mol. The molecule has 1 aromatic rings. The second-order valence-electron chi connectivity index (χ2n) is 4.65. The van der Waals surface area contributed by atoms with Gasteiger partial charge in [0.2, 0.25) is 0 Å². The van der Waals surface area contributed by atoms with Gasteiger partial charge in [-0.2, -0.15) is 0 Å². The van der Waals surface area contributed by atoms with Crippen molar-refractivity contribution in [3.05, 3.63) is 34.1 Å². The molecule has 0 saturated heterocycles. The number of nitrogens with two attached hydrogens (primary N) is 1. The zero-order valence-electron chi connectivity index (χ0n) is 9.76. The summed E-state index contributed by atoms with van der Waals surface area (Å²) in [5, 5.41) is 3.49. The maximum Gasteiger partial charge on any atom is 0.123 e. The van der Waals surface area contributed by atoms with Gasteiger partial charge in [-0.1, -0.05) is 22.4 Å². The van der Waals surface area contributed by atoms with Crippen LogP contribution in [0.1, 0.15) is 24.8 Å². The number of halogens is 2. The molecule has 94 valence electrons. The minimum Gasteiger partial charge on any atom is -0.330 e. The molecule has 0 bridgehead atoms. The SMILES string of the molecule is NCC1CCCC1NCc1cc(F)ccc1Br. The van der Waals surface area contributed by atoms with Crippen molar-refractivity contribution in [3.8, 4) is 0 Å². The molecule has 2 unspecified atom stereocenters. The maximum absolute atomic E-state index is 13.1. The van der Waals surface area contributed by atoms with Gasteiger partial charge in [0.15, 0.2) is 0 Å². The van der Waals surface area contributed by atoms with E-state index in [1.807, 2.05) is 0 Å². The Labute approximate surface area is 110 Å². The largest absolute Gasteiger partial charge is 0.330 e. The number of nitrogens with one attached hydrogen (secondary N) is 1. The normalized spacial score (nSPS) is 24.2. The van der Waals surface area contributed by atoms with E-state index < -0.39 is 0 Å². The Morgan fingerprint density at radius 1 is 1.41 bits per heavy atom. The Hall–Kier alpha value is -0.450. The minimum atomic E-state index is -0.188. The van der Waals surface area contributed by atoms with Crippen LogP contribution in [0.2, 0.25) is 0 Å². The lowest BCUT2D eigenvalue weighted by atomic mass is 10.0. The third kappa shape index (κ3) is 3.27. The van der Waals surface area contributed by atoms with E-state index in [0.29, 0.717) is 18.5 Å². The van der Waals surface area contributed by atoms with E-state index in [9.17, 15) is 4.39 Å². The lowest BCUT2D eigenvalue weighted by Crippen LogP contribution is -2.35. The molecular formula is C13H18BrFN2. The molecule has 0 amide bonds. The molecule has 0 radical (unpaired) electrons. The van der Waals surface area contributed by atoms with Gasteiger partial charge in [-0.25, -0.2) is 4.39 Å². The van der Waals surface area contributed by atoms with E-state index in [4.69, 9.17) is 5.73 Å². The molecule has 1 aliphatic carbocycles. The van der Waals surface area contributed by atoms with Gasteiger partial charge in [0.05, 0.1) is 0 Å². The Bertz CT molecular complexity index is 384. The van der Waals surface area contributed by atoms with E-state index >= 15 is 0 Å². The van der Waals surface area contributed by atoms with E-state index in [1.54, 1.807) is 12.1 Å². The van der Waals surface area contributed by atoms with Crippen LogP contribution in [0.15, 0.2) is 22.7 Å². The quantitative estimate of drug-likeness (QED) is 0.897. The highest BCUT2D eigenvalue weighted by Crippen LogP contribution is 2.25. The first-order valence-electron chi connectivity index (χ1n) is 6.08. The standard InChI is InChI=1S/C13H18BrFN2/c14-12-5-4-11(15)6-10(12)8-17-13-3-1-2-9(13)7-16/h4-6,9,13,17H,1-3,7-8,16H2. The van der Waals surface area contributed by atoms with Gasteiger partial charge in [-0.3, -0.25) is 0 Å². The Morgan fingerprint density at radius 3 is 3.00 bits per heavy atom. The monoisotopic (exact) mass is 300 g/mol. The minimum absolute atomic E-state index is 0.188. The summed E-state index contributed by atoms with van der Waals surface area (Å²) in [5.74, 6) is 0.383. The third-order valence-corrected chi connectivity index (χ3v) is 4.30. The van der Waals surface area contributed by atoms with Crippen LogP contribution in [0.25, 0.3) is 0 Å². The predicted octanol–water partition coefficient (Wildman–Crippen LogP) is 2.81. The Kier molecular flexibility index (Phi) is 4.54. The second-order valence-corrected chi connectivity index (χ2v) is 5.50. The van der Waals surface area contributed by atoms with Crippen molar-refractivity contribution in [1.29, 1.82) is 0 Å². The molecule has 1 aliphatic rings. The first-order valence-corrected chi connectivity index (χ1v) is 6.87. The number of benzene rings is 1. The van der Waals surface area contributed by atoms with Crippen LogP contribution in [0, 0.1) is 11.7 Å². The van der Waals surface area contributed by atoms with E-state index in [1.165, 1.54) is 25.3 Å². The van der Waals surface area contributed by atoms with Crippen LogP contribution in [0.5, 0.6) is 0 Å². The fraction of sp³-hybridized carbons (Fsp3) is 0.538. The van der Waals surface area contributed by atoms with Crippen LogP contribution in [-0.2, 0) is 6.54 Å². The summed E-state index contributed by atoms with van der Waals surface area (Å²) in [6.07, 6.45) is 3.62. The molecule has 0 aromatic heterocycles. The van der Waals surface area contributed by atoms with Gasteiger partial charge in [-0.15, -0.1) is 0 Å².